The molecular formula is C17H31NO2Si. The molecule has 0 bridgehead atoms. The fourth-order valence-corrected chi connectivity index (χ4v) is 2.79. The summed E-state index contributed by atoms with van der Waals surface area (Å²) in [5.74, 6) is 0.768. The molecule has 3 nitrogen and oxygen atoms in total. The van der Waals surface area contributed by atoms with Gasteiger partial charge in [-0.2, -0.15) is 0 Å². The van der Waals surface area contributed by atoms with Gasteiger partial charge in [0.15, 0.2) is 8.32 Å². The Balaban J connectivity index is 2.46. The minimum absolute atomic E-state index is 0.240. The number of hydrogen-bond donors (Lipinski definition) is 0. The van der Waals surface area contributed by atoms with Crippen LogP contribution in [0.2, 0.25) is 18.1 Å². The smallest absolute Gasteiger partial charge is 0.216 e. The number of nitrogens with zero attached hydrogens (tertiary/aromatic N) is 1. The van der Waals surface area contributed by atoms with E-state index in [4.69, 9.17) is 9.16 Å². The van der Waals surface area contributed by atoms with E-state index in [9.17, 15) is 0 Å². The second-order valence-corrected chi connectivity index (χ2v) is 11.8. The lowest BCUT2D eigenvalue weighted by molar-refractivity contribution is 0.198. The molecule has 0 fully saturated rings. The van der Waals surface area contributed by atoms with Crippen molar-refractivity contribution in [2.75, 3.05) is 13.2 Å². The molecule has 0 saturated carbocycles. The topological polar surface area (TPSA) is 31.4 Å². The van der Waals surface area contributed by atoms with Crippen molar-refractivity contribution >= 4 is 8.32 Å². The van der Waals surface area contributed by atoms with E-state index < -0.39 is 8.32 Å². The Morgan fingerprint density at radius 1 is 1.19 bits per heavy atom. The largest absolute Gasteiger partial charge is 0.475 e. The van der Waals surface area contributed by atoms with E-state index in [-0.39, 0.29) is 5.04 Å². The van der Waals surface area contributed by atoms with Gasteiger partial charge >= 0.3 is 0 Å². The highest BCUT2D eigenvalue weighted by Crippen LogP contribution is 2.36. The second kappa shape index (κ2) is 7.94. The molecule has 0 atom stereocenters. The summed E-state index contributed by atoms with van der Waals surface area (Å²) in [6, 6.07) is 4.08. The molecule has 1 aromatic heterocycles. The maximum atomic E-state index is 6.12. The lowest BCUT2D eigenvalue weighted by atomic mass is 10.1. The minimum atomic E-state index is -1.68. The van der Waals surface area contributed by atoms with Crippen LogP contribution in [0.5, 0.6) is 5.88 Å². The lowest BCUT2D eigenvalue weighted by Gasteiger charge is -2.36. The van der Waals surface area contributed by atoms with Gasteiger partial charge in [0.25, 0.3) is 0 Å². The summed E-state index contributed by atoms with van der Waals surface area (Å²) in [4.78, 5) is 4.35. The van der Waals surface area contributed by atoms with Crippen molar-refractivity contribution < 1.29 is 9.16 Å². The highest BCUT2D eigenvalue weighted by Gasteiger charge is 2.36. The Hall–Kier alpha value is -0.873. The summed E-state index contributed by atoms with van der Waals surface area (Å²) in [6.07, 6.45) is 5.17. The first kappa shape index (κ1) is 18.2. The Kier molecular flexibility index (Phi) is 6.88. The Bertz CT molecular complexity index is 427. The van der Waals surface area contributed by atoms with Crippen molar-refractivity contribution in [3.63, 3.8) is 0 Å². The molecule has 21 heavy (non-hydrogen) atoms. The van der Waals surface area contributed by atoms with Crippen LogP contribution in [0.15, 0.2) is 18.3 Å². The average molecular weight is 310 g/mol. The molecular weight excluding hydrogens is 278 g/mol. The molecule has 1 heterocycles. The van der Waals surface area contributed by atoms with Crippen LogP contribution in [0.1, 0.15) is 46.1 Å². The van der Waals surface area contributed by atoms with Crippen molar-refractivity contribution in [2.24, 2.45) is 0 Å². The number of aryl methyl sites for hydroxylation is 1. The lowest BCUT2D eigenvalue weighted by Crippen LogP contribution is -2.41. The number of rotatable bonds is 8. The predicted octanol–water partition coefficient (Wildman–Crippen LogP) is 4.82. The van der Waals surface area contributed by atoms with Crippen molar-refractivity contribution in [1.82, 2.24) is 4.98 Å². The third-order valence-electron chi connectivity index (χ3n) is 4.24. The maximum absolute atomic E-state index is 6.12. The zero-order valence-corrected chi connectivity index (χ0v) is 15.5. The summed E-state index contributed by atoms with van der Waals surface area (Å²) in [5.41, 5.74) is 1.20. The molecule has 0 spiro atoms. The molecule has 0 aliphatic heterocycles. The van der Waals surface area contributed by atoms with Gasteiger partial charge in [-0.1, -0.05) is 40.2 Å². The van der Waals surface area contributed by atoms with Crippen LogP contribution in [0.4, 0.5) is 0 Å². The van der Waals surface area contributed by atoms with Crippen LogP contribution in [0.25, 0.3) is 0 Å². The van der Waals surface area contributed by atoms with E-state index >= 15 is 0 Å². The van der Waals surface area contributed by atoms with Gasteiger partial charge in [0.05, 0.1) is 6.61 Å². The van der Waals surface area contributed by atoms with Gasteiger partial charge in [-0.25, -0.2) is 4.98 Å². The molecule has 120 valence electrons. The molecule has 0 amide bonds. The van der Waals surface area contributed by atoms with Crippen molar-refractivity contribution in [1.29, 1.82) is 0 Å². The van der Waals surface area contributed by atoms with Crippen LogP contribution in [-0.2, 0) is 10.8 Å². The number of hydrogen-bond acceptors (Lipinski definition) is 3. The first-order valence-electron chi connectivity index (χ1n) is 7.98. The highest BCUT2D eigenvalue weighted by atomic mass is 28.4. The third kappa shape index (κ3) is 5.79. The van der Waals surface area contributed by atoms with Gasteiger partial charge in [-0.05, 0) is 37.0 Å². The number of aromatic nitrogens is 1. The normalized spacial score (nSPS) is 12.5. The molecule has 0 N–H and O–H groups in total. The first-order chi connectivity index (χ1) is 9.78. The average Bonchev–Trinajstić information content (AvgIpc) is 2.41. The van der Waals surface area contributed by atoms with Gasteiger partial charge < -0.3 is 9.16 Å². The van der Waals surface area contributed by atoms with Crippen LogP contribution < -0.4 is 4.74 Å². The molecule has 0 aromatic carbocycles. The molecule has 1 aromatic rings. The quantitative estimate of drug-likeness (QED) is 0.509. The summed E-state index contributed by atoms with van der Waals surface area (Å²) >= 11 is 0. The number of unbranched alkanes of at least 4 members (excludes halogenated alkanes) is 1. The van der Waals surface area contributed by atoms with Crippen molar-refractivity contribution in [3.05, 3.63) is 23.9 Å². The standard InChI is InChI=1S/C17H31NO2Si/c1-7-8-10-15-11-9-12-18-16(15)19-13-14-20-21(5,6)17(2,3)4/h9,11-12H,7-8,10,13-14H2,1-6H3. The van der Waals surface area contributed by atoms with Crippen LogP contribution >= 0.6 is 0 Å². The number of ether oxygens (including phenoxy) is 1. The molecule has 0 saturated heterocycles. The second-order valence-electron chi connectivity index (χ2n) is 7.03. The van der Waals surface area contributed by atoms with Gasteiger partial charge in [-0.15, -0.1) is 0 Å². The van der Waals surface area contributed by atoms with Crippen LogP contribution in [0.3, 0.4) is 0 Å². The molecule has 0 radical (unpaired) electrons. The maximum Gasteiger partial charge on any atom is 0.216 e. The van der Waals surface area contributed by atoms with Gasteiger partial charge in [0.2, 0.25) is 5.88 Å². The van der Waals surface area contributed by atoms with Crippen molar-refractivity contribution in [3.8, 4) is 5.88 Å². The van der Waals surface area contributed by atoms with E-state index in [0.29, 0.717) is 13.2 Å². The van der Waals surface area contributed by atoms with Gasteiger partial charge in [0, 0.05) is 11.8 Å². The highest BCUT2D eigenvalue weighted by molar-refractivity contribution is 6.74. The Morgan fingerprint density at radius 2 is 1.90 bits per heavy atom. The van der Waals surface area contributed by atoms with Crippen molar-refractivity contribution in [2.45, 2.75) is 65.1 Å². The SMILES string of the molecule is CCCCc1cccnc1OCCO[Si](C)(C)C(C)(C)C. The van der Waals surface area contributed by atoms with Crippen LogP contribution in [0, 0.1) is 0 Å². The first-order valence-corrected chi connectivity index (χ1v) is 10.9. The summed E-state index contributed by atoms with van der Waals surface area (Å²) in [6.45, 7) is 14.7. The van der Waals surface area contributed by atoms with E-state index in [2.05, 4.69) is 51.8 Å². The molecule has 1 rings (SSSR count). The van der Waals surface area contributed by atoms with Gasteiger partial charge in [0.1, 0.15) is 6.61 Å². The zero-order chi connectivity index (χ0) is 15.9. The zero-order valence-electron chi connectivity index (χ0n) is 14.5. The molecule has 0 aliphatic rings. The monoisotopic (exact) mass is 309 g/mol. The van der Waals surface area contributed by atoms with E-state index in [1.54, 1.807) is 6.20 Å². The van der Waals surface area contributed by atoms with Crippen LogP contribution in [-0.4, -0.2) is 26.5 Å². The Labute approximate surface area is 131 Å². The van der Waals surface area contributed by atoms with Gasteiger partial charge in [-0.3, -0.25) is 0 Å². The molecule has 4 heteroatoms. The predicted molar refractivity (Wildman–Crippen MR) is 91.5 cm³/mol. The van der Waals surface area contributed by atoms with E-state index in [0.717, 1.165) is 12.3 Å². The van der Waals surface area contributed by atoms with E-state index in [1.807, 2.05) is 6.07 Å². The molecule has 0 unspecified atom stereocenters. The number of pyridine rings is 1. The molecule has 0 aliphatic carbocycles. The summed E-state index contributed by atoms with van der Waals surface area (Å²) in [7, 11) is -1.68. The summed E-state index contributed by atoms with van der Waals surface area (Å²) in [5, 5.41) is 0.240. The summed E-state index contributed by atoms with van der Waals surface area (Å²) < 4.78 is 12.0. The minimum Gasteiger partial charge on any atom is -0.475 e. The fraction of sp³-hybridized carbons (Fsp3) is 0.706. The fourth-order valence-electron chi connectivity index (χ4n) is 1.76. The third-order valence-corrected chi connectivity index (χ3v) is 8.78. The Morgan fingerprint density at radius 3 is 2.52 bits per heavy atom. The van der Waals surface area contributed by atoms with E-state index in [1.165, 1.54) is 18.4 Å².